The van der Waals surface area contributed by atoms with Crippen LogP contribution >= 0.6 is 0 Å². The predicted molar refractivity (Wildman–Crippen MR) is 110 cm³/mol. The van der Waals surface area contributed by atoms with Gasteiger partial charge in [0.15, 0.2) is 0 Å². The number of hydrogen-bond acceptors (Lipinski definition) is 4. The quantitative estimate of drug-likeness (QED) is 0.718. The molecule has 2 aliphatic heterocycles. The Hall–Kier alpha value is -2.33. The lowest BCUT2D eigenvalue weighted by Gasteiger charge is -2.30. The van der Waals surface area contributed by atoms with E-state index in [1.54, 1.807) is 7.11 Å². The number of likely N-dealkylation sites (tertiary alicyclic amines) is 1. The second-order valence-corrected chi connectivity index (χ2v) is 8.03. The molecule has 4 nitrogen and oxygen atoms in total. The summed E-state index contributed by atoms with van der Waals surface area (Å²) in [6, 6.07) is 16.5. The number of piperidine rings is 1. The van der Waals surface area contributed by atoms with Crippen LogP contribution < -0.4 is 4.74 Å². The third kappa shape index (κ3) is 3.93. The minimum absolute atomic E-state index is 0.0167. The molecule has 0 radical (unpaired) electrons. The standard InChI is InChI=1S/C24H29NO3/c1-17-6-8-19(9-7-17)23-22(18-10-12-20(27-2)13-11-18)21(24(26)28-23)16-25-14-4-3-5-15-25/h6-13,21-23H,3-5,14-16H2,1-2H3/t21-,22+,23+/m0/s1. The zero-order chi connectivity index (χ0) is 19.5. The summed E-state index contributed by atoms with van der Waals surface area (Å²) in [4.78, 5) is 15.4. The lowest BCUT2D eigenvalue weighted by molar-refractivity contribution is -0.145. The lowest BCUT2D eigenvalue weighted by Crippen LogP contribution is -2.37. The van der Waals surface area contributed by atoms with E-state index in [4.69, 9.17) is 9.47 Å². The van der Waals surface area contributed by atoms with Crippen LogP contribution in [0.5, 0.6) is 5.75 Å². The Morgan fingerprint density at radius 1 is 0.964 bits per heavy atom. The number of benzene rings is 2. The molecule has 2 aromatic carbocycles. The van der Waals surface area contributed by atoms with Crippen LogP contribution in [-0.4, -0.2) is 37.6 Å². The van der Waals surface area contributed by atoms with Gasteiger partial charge in [0.2, 0.25) is 0 Å². The highest BCUT2D eigenvalue weighted by molar-refractivity contribution is 5.77. The van der Waals surface area contributed by atoms with Crippen LogP contribution in [0.2, 0.25) is 0 Å². The van der Waals surface area contributed by atoms with Crippen molar-refractivity contribution in [2.24, 2.45) is 5.92 Å². The van der Waals surface area contributed by atoms with Crippen LogP contribution in [0.15, 0.2) is 48.5 Å². The van der Waals surface area contributed by atoms with Crippen molar-refractivity contribution in [3.63, 3.8) is 0 Å². The van der Waals surface area contributed by atoms with Gasteiger partial charge in [-0.1, -0.05) is 48.4 Å². The number of nitrogens with zero attached hydrogens (tertiary/aromatic N) is 1. The number of esters is 1. The van der Waals surface area contributed by atoms with Crippen molar-refractivity contribution >= 4 is 5.97 Å². The first kappa shape index (κ1) is 19.0. The second-order valence-electron chi connectivity index (χ2n) is 8.03. The summed E-state index contributed by atoms with van der Waals surface area (Å²) in [5.74, 6) is 0.631. The number of ether oxygens (including phenoxy) is 2. The average Bonchev–Trinajstić information content (AvgIpc) is 3.05. The van der Waals surface area contributed by atoms with Crippen molar-refractivity contribution in [3.8, 4) is 5.75 Å². The minimum atomic E-state index is -0.240. The van der Waals surface area contributed by atoms with Gasteiger partial charge in [-0.2, -0.15) is 0 Å². The zero-order valence-corrected chi connectivity index (χ0v) is 16.8. The fourth-order valence-corrected chi connectivity index (χ4v) is 4.52. The summed E-state index contributed by atoms with van der Waals surface area (Å²) in [5.41, 5.74) is 3.42. The van der Waals surface area contributed by atoms with Crippen molar-refractivity contribution < 1.29 is 14.3 Å². The number of rotatable bonds is 5. The van der Waals surface area contributed by atoms with Gasteiger partial charge in [-0.25, -0.2) is 0 Å². The second kappa shape index (κ2) is 8.36. The number of carbonyl (C=O) groups excluding carboxylic acids is 1. The zero-order valence-electron chi connectivity index (χ0n) is 16.8. The third-order valence-electron chi connectivity index (χ3n) is 6.12. The molecule has 0 unspecified atom stereocenters. The van der Waals surface area contributed by atoms with Gasteiger partial charge < -0.3 is 14.4 Å². The van der Waals surface area contributed by atoms with Gasteiger partial charge in [-0.3, -0.25) is 4.79 Å². The number of carbonyl (C=O) groups is 1. The van der Waals surface area contributed by atoms with Crippen LogP contribution in [0.25, 0.3) is 0 Å². The first-order valence-corrected chi connectivity index (χ1v) is 10.3. The molecule has 4 heteroatoms. The van der Waals surface area contributed by atoms with E-state index < -0.39 is 0 Å². The van der Waals surface area contributed by atoms with Crippen molar-refractivity contribution in [3.05, 3.63) is 65.2 Å². The van der Waals surface area contributed by atoms with E-state index in [0.29, 0.717) is 0 Å². The Morgan fingerprint density at radius 3 is 2.25 bits per heavy atom. The highest BCUT2D eigenvalue weighted by Crippen LogP contribution is 2.46. The van der Waals surface area contributed by atoms with Crippen molar-refractivity contribution in [1.82, 2.24) is 4.90 Å². The Kier molecular flexibility index (Phi) is 5.67. The Balaban J connectivity index is 1.66. The molecule has 0 aliphatic carbocycles. The molecule has 2 aromatic rings. The average molecular weight is 380 g/mol. The SMILES string of the molecule is COc1ccc([C@@H]2[C@H](CN3CCCCC3)C(=O)O[C@@H]2c2ccc(C)cc2)cc1. The molecule has 0 aromatic heterocycles. The molecule has 0 amide bonds. The van der Waals surface area contributed by atoms with Gasteiger partial charge >= 0.3 is 5.97 Å². The highest BCUT2D eigenvalue weighted by Gasteiger charge is 2.46. The monoisotopic (exact) mass is 379 g/mol. The molecule has 2 saturated heterocycles. The molecule has 0 saturated carbocycles. The fraction of sp³-hybridized carbons (Fsp3) is 0.458. The third-order valence-corrected chi connectivity index (χ3v) is 6.12. The largest absolute Gasteiger partial charge is 0.497 e. The van der Waals surface area contributed by atoms with Gasteiger partial charge in [-0.05, 0) is 56.1 Å². The first-order valence-electron chi connectivity index (χ1n) is 10.3. The molecular formula is C24H29NO3. The minimum Gasteiger partial charge on any atom is -0.497 e. The van der Waals surface area contributed by atoms with Crippen LogP contribution in [0.3, 0.4) is 0 Å². The number of cyclic esters (lactones) is 1. The predicted octanol–water partition coefficient (Wildman–Crippen LogP) is 4.49. The van der Waals surface area contributed by atoms with E-state index in [1.165, 1.54) is 24.8 Å². The van der Waals surface area contributed by atoms with Crippen LogP contribution in [0.4, 0.5) is 0 Å². The van der Waals surface area contributed by atoms with E-state index in [0.717, 1.165) is 36.5 Å². The van der Waals surface area contributed by atoms with Gasteiger partial charge in [-0.15, -0.1) is 0 Å². The van der Waals surface area contributed by atoms with Crippen molar-refractivity contribution in [1.29, 1.82) is 0 Å². The van der Waals surface area contributed by atoms with Crippen LogP contribution in [-0.2, 0) is 9.53 Å². The molecule has 2 fully saturated rings. The summed E-state index contributed by atoms with van der Waals surface area (Å²) < 4.78 is 11.3. The summed E-state index contributed by atoms with van der Waals surface area (Å²) in [6.45, 7) is 5.01. The van der Waals surface area contributed by atoms with E-state index in [9.17, 15) is 4.79 Å². The van der Waals surface area contributed by atoms with E-state index in [1.807, 2.05) is 12.1 Å². The topological polar surface area (TPSA) is 38.8 Å². The van der Waals surface area contributed by atoms with Crippen LogP contribution in [0, 0.1) is 12.8 Å². The smallest absolute Gasteiger partial charge is 0.311 e. The maximum absolute atomic E-state index is 12.9. The molecule has 2 aliphatic rings. The molecule has 28 heavy (non-hydrogen) atoms. The van der Waals surface area contributed by atoms with Gasteiger partial charge in [0.25, 0.3) is 0 Å². The van der Waals surface area contributed by atoms with E-state index in [-0.39, 0.29) is 23.9 Å². The molecule has 2 heterocycles. The maximum Gasteiger partial charge on any atom is 0.311 e. The van der Waals surface area contributed by atoms with Gasteiger partial charge in [0.05, 0.1) is 13.0 Å². The molecular weight excluding hydrogens is 350 g/mol. The molecule has 4 rings (SSSR count). The van der Waals surface area contributed by atoms with E-state index in [2.05, 4.69) is 48.2 Å². The Morgan fingerprint density at radius 2 is 1.61 bits per heavy atom. The fourth-order valence-electron chi connectivity index (χ4n) is 4.52. The normalized spacial score (nSPS) is 25.5. The van der Waals surface area contributed by atoms with E-state index >= 15 is 0 Å². The van der Waals surface area contributed by atoms with Gasteiger partial charge in [0.1, 0.15) is 11.9 Å². The molecule has 0 spiro atoms. The van der Waals surface area contributed by atoms with Gasteiger partial charge in [0, 0.05) is 12.5 Å². The number of hydrogen-bond donors (Lipinski definition) is 0. The summed E-state index contributed by atoms with van der Waals surface area (Å²) >= 11 is 0. The number of aryl methyl sites for hydroxylation is 1. The molecule has 0 N–H and O–H groups in total. The van der Waals surface area contributed by atoms with Crippen molar-refractivity contribution in [2.75, 3.05) is 26.7 Å². The summed E-state index contributed by atoms with van der Waals surface area (Å²) in [6.07, 6.45) is 3.49. The molecule has 3 atom stereocenters. The maximum atomic E-state index is 12.9. The Labute approximate surface area is 167 Å². The summed E-state index contributed by atoms with van der Waals surface area (Å²) in [5, 5.41) is 0. The summed E-state index contributed by atoms with van der Waals surface area (Å²) in [7, 11) is 1.67. The van der Waals surface area contributed by atoms with Crippen molar-refractivity contribution in [2.45, 2.75) is 38.2 Å². The highest BCUT2D eigenvalue weighted by atomic mass is 16.6. The molecule has 148 valence electrons. The van der Waals surface area contributed by atoms with Crippen LogP contribution in [0.1, 0.15) is 48.0 Å². The molecule has 0 bridgehead atoms. The number of methoxy groups -OCH3 is 1. The Bertz CT molecular complexity index is 794. The first-order chi connectivity index (χ1) is 13.7. The lowest BCUT2D eigenvalue weighted by atomic mass is 9.81.